The van der Waals surface area contributed by atoms with Crippen molar-refractivity contribution < 1.29 is 13.0 Å². The number of hydrogen-bond donors (Lipinski definition) is 1. The van der Waals surface area contributed by atoms with Crippen molar-refractivity contribution in [1.82, 2.24) is 0 Å². The summed E-state index contributed by atoms with van der Waals surface area (Å²) in [5.41, 5.74) is 3.58. The molecule has 3 nitrogen and oxygen atoms in total. The summed E-state index contributed by atoms with van der Waals surface area (Å²) in [5, 5.41) is 1.79. The average Bonchev–Trinajstić information content (AvgIpc) is 3.22. The number of fused-ring (bicyclic) bond motifs is 1. The fraction of sp³-hybridized carbons (Fsp3) is 0.818. The van der Waals surface area contributed by atoms with Crippen LogP contribution in [0.1, 0.15) is 288 Å². The summed E-state index contributed by atoms with van der Waals surface area (Å²) >= 11 is 0. The zero-order valence-corrected chi connectivity index (χ0v) is 40.5. The van der Waals surface area contributed by atoms with Crippen molar-refractivity contribution in [3.05, 3.63) is 41.0 Å². The fourth-order valence-corrected chi connectivity index (χ4v) is 10.7. The van der Waals surface area contributed by atoms with E-state index in [1.54, 1.807) is 0 Å². The zero-order valence-electron chi connectivity index (χ0n) is 39.7. The molecular weight excluding hydrogens is 741 g/mol. The lowest BCUT2D eigenvalue weighted by atomic mass is 9.86. The maximum absolute atomic E-state index is 13.3. The lowest BCUT2D eigenvalue weighted by molar-refractivity contribution is 0.482. The van der Waals surface area contributed by atoms with Gasteiger partial charge in [-0.25, -0.2) is 0 Å². The highest BCUT2D eigenvalue weighted by atomic mass is 32.2. The van der Waals surface area contributed by atoms with E-state index in [1.807, 2.05) is 12.1 Å². The normalized spacial score (nSPS) is 12.0. The van der Waals surface area contributed by atoms with Crippen LogP contribution in [-0.4, -0.2) is 13.0 Å². The van der Waals surface area contributed by atoms with Crippen LogP contribution in [0.15, 0.2) is 29.2 Å². The molecule has 59 heavy (non-hydrogen) atoms. The van der Waals surface area contributed by atoms with Gasteiger partial charge in [0.1, 0.15) is 4.90 Å². The molecule has 2 aromatic rings. The van der Waals surface area contributed by atoms with Crippen molar-refractivity contribution in [3.8, 4) is 0 Å². The van der Waals surface area contributed by atoms with Crippen molar-refractivity contribution >= 4 is 20.9 Å². The number of rotatable bonds is 43. The Bertz CT molecular complexity index is 1360. The zero-order chi connectivity index (χ0) is 42.5. The molecule has 2 rings (SSSR count). The topological polar surface area (TPSA) is 54.4 Å². The Morgan fingerprint density at radius 3 is 0.847 bits per heavy atom. The van der Waals surface area contributed by atoms with Gasteiger partial charge in [0.15, 0.2) is 0 Å². The highest BCUT2D eigenvalue weighted by Gasteiger charge is 2.25. The third-order valence-electron chi connectivity index (χ3n) is 13.3. The van der Waals surface area contributed by atoms with Gasteiger partial charge in [-0.05, 0) is 60.6 Å². The molecule has 0 saturated carbocycles. The molecule has 0 bridgehead atoms. The summed E-state index contributed by atoms with van der Waals surface area (Å²) in [7, 11) is -4.37. The van der Waals surface area contributed by atoms with E-state index < -0.39 is 10.1 Å². The second-order valence-corrected chi connectivity index (χ2v) is 20.1. The molecule has 0 unspecified atom stereocenters. The molecule has 0 radical (unpaired) electrons. The van der Waals surface area contributed by atoms with Crippen LogP contribution in [0.2, 0.25) is 0 Å². The average molecular weight is 839 g/mol. The van der Waals surface area contributed by atoms with Gasteiger partial charge < -0.3 is 0 Å². The number of benzene rings is 2. The molecule has 0 spiro atoms. The fourth-order valence-electron chi connectivity index (χ4n) is 9.69. The van der Waals surface area contributed by atoms with E-state index in [9.17, 15) is 13.0 Å². The van der Waals surface area contributed by atoms with Crippen LogP contribution in [0, 0.1) is 0 Å². The van der Waals surface area contributed by atoms with Gasteiger partial charge in [0.2, 0.25) is 0 Å². The van der Waals surface area contributed by atoms with Crippen LogP contribution in [-0.2, 0) is 29.4 Å². The molecule has 0 saturated heterocycles. The first-order valence-electron chi connectivity index (χ1n) is 26.5. The monoisotopic (exact) mass is 839 g/mol. The van der Waals surface area contributed by atoms with Crippen molar-refractivity contribution in [3.63, 3.8) is 0 Å². The molecule has 0 aliphatic carbocycles. The lowest BCUT2D eigenvalue weighted by Gasteiger charge is -2.22. The predicted octanol–water partition coefficient (Wildman–Crippen LogP) is 19.0. The highest BCUT2D eigenvalue weighted by molar-refractivity contribution is 7.86. The van der Waals surface area contributed by atoms with Gasteiger partial charge in [-0.15, -0.1) is 0 Å². The quantitative estimate of drug-likeness (QED) is 0.0535. The van der Waals surface area contributed by atoms with E-state index in [4.69, 9.17) is 0 Å². The number of unbranched alkanes of at least 4 members (excludes halogenated alkanes) is 36. The minimum atomic E-state index is -4.37. The Balaban J connectivity index is 2.03. The third kappa shape index (κ3) is 26.0. The molecule has 0 aliphatic rings. The minimum absolute atomic E-state index is 0.214. The maximum atomic E-state index is 13.3. The van der Waals surface area contributed by atoms with Crippen molar-refractivity contribution in [2.75, 3.05) is 0 Å². The lowest BCUT2D eigenvalue weighted by Crippen LogP contribution is -2.12. The largest absolute Gasteiger partial charge is 0.295 e. The van der Waals surface area contributed by atoms with Crippen LogP contribution in [0.3, 0.4) is 0 Å². The first kappa shape index (κ1) is 53.7. The molecule has 4 heteroatoms. The molecule has 0 aromatic heterocycles. The Morgan fingerprint density at radius 1 is 0.322 bits per heavy atom. The Morgan fingerprint density at radius 2 is 0.559 bits per heavy atom. The van der Waals surface area contributed by atoms with Gasteiger partial charge in [0, 0.05) is 5.39 Å². The van der Waals surface area contributed by atoms with Crippen molar-refractivity contribution in [2.24, 2.45) is 0 Å². The SMILES string of the molecule is CCCCCCCCCCCCCCCc1c(CCCCCCCCCCCCCCC)c(S(=O)(=O)O)c2ccccc2c1CCCCCCCCCCCCCCC. The summed E-state index contributed by atoms with van der Waals surface area (Å²) in [6.07, 6.45) is 54.3. The molecule has 342 valence electrons. The molecule has 0 aliphatic heterocycles. The molecule has 0 fully saturated rings. The Kier molecular flexibility index (Phi) is 33.9. The van der Waals surface area contributed by atoms with Crippen LogP contribution < -0.4 is 0 Å². The molecule has 0 amide bonds. The predicted molar refractivity (Wildman–Crippen MR) is 262 cm³/mol. The summed E-state index contributed by atoms with van der Waals surface area (Å²) in [4.78, 5) is 0.214. The Hall–Kier alpha value is -1.39. The molecule has 0 heterocycles. The van der Waals surface area contributed by atoms with E-state index in [0.29, 0.717) is 0 Å². The second kappa shape index (κ2) is 37.2. The van der Waals surface area contributed by atoms with E-state index in [2.05, 4.69) is 32.9 Å². The summed E-state index contributed by atoms with van der Waals surface area (Å²) in [6, 6.07) is 8.09. The molecule has 2 aromatic carbocycles. The number of hydrogen-bond acceptors (Lipinski definition) is 2. The maximum Gasteiger partial charge on any atom is 0.295 e. The molecular formula is C55H98O3S. The minimum Gasteiger partial charge on any atom is -0.282 e. The van der Waals surface area contributed by atoms with Gasteiger partial charge in [0.25, 0.3) is 10.1 Å². The van der Waals surface area contributed by atoms with Crippen LogP contribution in [0.4, 0.5) is 0 Å². The van der Waals surface area contributed by atoms with Gasteiger partial charge in [-0.2, -0.15) is 8.42 Å². The van der Waals surface area contributed by atoms with Crippen molar-refractivity contribution in [1.29, 1.82) is 0 Å². The van der Waals surface area contributed by atoms with Crippen LogP contribution in [0.5, 0.6) is 0 Å². The molecule has 1 N–H and O–H groups in total. The number of aryl methyl sites for hydroxylation is 1. The highest BCUT2D eigenvalue weighted by Crippen LogP contribution is 2.37. The standard InChI is InChI=1S/C55H98O3S/c1-4-7-10-13-16-19-22-25-28-31-34-37-40-45-50-51(46-41-38-35-32-29-26-23-20-17-14-11-8-5-2)53(55(59(56,57)58)54-49-44-43-47-52(50)54)48-42-39-36-33-30-27-24-21-18-15-12-9-6-3/h43-44,47,49H,4-42,45-46,48H2,1-3H3,(H,56,57,58). The first-order valence-corrected chi connectivity index (χ1v) is 27.9. The second-order valence-electron chi connectivity index (χ2n) is 18.8. The Labute approximate surface area is 368 Å². The van der Waals surface area contributed by atoms with Gasteiger partial charge in [0.05, 0.1) is 0 Å². The first-order chi connectivity index (χ1) is 29.0. The summed E-state index contributed by atoms with van der Waals surface area (Å²) < 4.78 is 37.4. The smallest absolute Gasteiger partial charge is 0.282 e. The third-order valence-corrected chi connectivity index (χ3v) is 14.3. The van der Waals surface area contributed by atoms with E-state index in [1.165, 1.54) is 236 Å². The molecule has 0 atom stereocenters. The van der Waals surface area contributed by atoms with Crippen molar-refractivity contribution in [2.45, 2.75) is 295 Å². The van der Waals surface area contributed by atoms with E-state index in [-0.39, 0.29) is 4.90 Å². The van der Waals surface area contributed by atoms with Crippen LogP contribution >= 0.6 is 0 Å². The van der Waals surface area contributed by atoms with Gasteiger partial charge in [-0.3, -0.25) is 4.55 Å². The summed E-state index contributed by atoms with van der Waals surface area (Å²) in [6.45, 7) is 6.87. The van der Waals surface area contributed by atoms with Gasteiger partial charge >= 0.3 is 0 Å². The van der Waals surface area contributed by atoms with Gasteiger partial charge in [-0.1, -0.05) is 276 Å². The van der Waals surface area contributed by atoms with E-state index in [0.717, 1.165) is 61.3 Å². The summed E-state index contributed by atoms with van der Waals surface area (Å²) in [5.74, 6) is 0. The van der Waals surface area contributed by atoms with E-state index >= 15 is 0 Å². The van der Waals surface area contributed by atoms with Crippen LogP contribution in [0.25, 0.3) is 10.8 Å².